The highest BCUT2D eigenvalue weighted by Gasteiger charge is 2.53. The standard InChI is InChI=1S/C56H43NO3/c1-3-42-34(2)53(58)51(55(60)54(42)59)38-23-28-40(29-24-38)57(39-26-21-36(22-27-39)35-13-5-4-6-14-35)41-30-32-46-47-31-25-37-15-7-8-16-43(37)52(47)56(50(46)33-41)48-19-11-9-17-44(48)45-18-10-12-20-49(45)56/h4-11,13-19,21-33,58-60H,3,12,20H2,1-2H3. The third-order valence-electron chi connectivity index (χ3n) is 13.3. The van der Waals surface area contributed by atoms with Gasteiger partial charge >= 0.3 is 0 Å². The monoisotopic (exact) mass is 777 g/mol. The molecule has 60 heavy (non-hydrogen) atoms. The SMILES string of the molecule is CCc1c(C)c(O)c(-c2ccc(N(c3ccc(-c4ccccc4)cc3)c3ccc4c(c3)C3(C5=C(C=CCC5)c5ccccc53)c3c-4ccc4ccccc34)cc2)c(O)c1O. The Kier molecular flexibility index (Phi) is 8.15. The highest BCUT2D eigenvalue weighted by Crippen LogP contribution is 2.65. The number of aromatic hydroxyl groups is 3. The van der Waals surface area contributed by atoms with Gasteiger partial charge in [0.15, 0.2) is 11.5 Å². The summed E-state index contributed by atoms with van der Waals surface area (Å²) >= 11 is 0. The van der Waals surface area contributed by atoms with Gasteiger partial charge in [-0.15, -0.1) is 0 Å². The van der Waals surface area contributed by atoms with Gasteiger partial charge in [-0.05, 0) is 140 Å². The summed E-state index contributed by atoms with van der Waals surface area (Å²) in [6.07, 6.45) is 7.15. The van der Waals surface area contributed by atoms with Gasteiger partial charge in [0.25, 0.3) is 0 Å². The smallest absolute Gasteiger partial charge is 0.169 e. The summed E-state index contributed by atoms with van der Waals surface area (Å²) in [6.45, 7) is 3.67. The van der Waals surface area contributed by atoms with E-state index in [0.717, 1.165) is 41.0 Å². The van der Waals surface area contributed by atoms with E-state index in [1.807, 2.05) is 37.3 Å². The quantitative estimate of drug-likeness (QED) is 0.116. The second-order valence-corrected chi connectivity index (χ2v) is 16.2. The van der Waals surface area contributed by atoms with Crippen molar-refractivity contribution < 1.29 is 15.3 Å². The van der Waals surface area contributed by atoms with Crippen LogP contribution in [0.5, 0.6) is 17.2 Å². The van der Waals surface area contributed by atoms with Crippen molar-refractivity contribution in [1.29, 1.82) is 0 Å². The fraction of sp³-hybridized carbons (Fsp3) is 0.107. The highest BCUT2D eigenvalue weighted by atomic mass is 16.3. The van der Waals surface area contributed by atoms with Gasteiger partial charge in [-0.2, -0.15) is 0 Å². The summed E-state index contributed by atoms with van der Waals surface area (Å²) in [5.41, 5.74) is 17.3. The first-order chi connectivity index (χ1) is 29.4. The van der Waals surface area contributed by atoms with Crippen molar-refractivity contribution in [2.75, 3.05) is 4.90 Å². The van der Waals surface area contributed by atoms with Crippen LogP contribution in [-0.2, 0) is 11.8 Å². The Balaban J connectivity index is 1.13. The van der Waals surface area contributed by atoms with E-state index in [4.69, 9.17) is 0 Å². The van der Waals surface area contributed by atoms with Crippen LogP contribution in [0.1, 0.15) is 53.1 Å². The molecule has 0 radical (unpaired) electrons. The second kappa shape index (κ2) is 13.6. The average Bonchev–Trinajstić information content (AvgIpc) is 3.77. The summed E-state index contributed by atoms with van der Waals surface area (Å²) in [7, 11) is 0. The van der Waals surface area contributed by atoms with Gasteiger partial charge in [-0.1, -0.05) is 140 Å². The zero-order valence-corrected chi connectivity index (χ0v) is 33.6. The van der Waals surface area contributed by atoms with Gasteiger partial charge in [0.05, 0.1) is 11.0 Å². The van der Waals surface area contributed by atoms with E-state index in [1.54, 1.807) is 6.92 Å². The minimum atomic E-state index is -0.468. The third kappa shape index (κ3) is 5.04. The molecule has 0 bridgehead atoms. The fourth-order valence-electron chi connectivity index (χ4n) is 10.6. The van der Waals surface area contributed by atoms with E-state index >= 15 is 0 Å². The first-order valence-corrected chi connectivity index (χ1v) is 20.9. The van der Waals surface area contributed by atoms with Crippen molar-refractivity contribution in [3.8, 4) is 50.6 Å². The number of benzene rings is 8. The summed E-state index contributed by atoms with van der Waals surface area (Å²) < 4.78 is 0. The number of allylic oxidation sites excluding steroid dienone is 4. The van der Waals surface area contributed by atoms with Crippen LogP contribution in [0.25, 0.3) is 49.7 Å². The third-order valence-corrected chi connectivity index (χ3v) is 13.3. The Bertz CT molecular complexity index is 3080. The molecule has 4 heteroatoms. The zero-order chi connectivity index (χ0) is 40.7. The topological polar surface area (TPSA) is 63.9 Å². The number of anilines is 3. The Hall–Kier alpha value is -7.30. The Morgan fingerprint density at radius 3 is 1.98 bits per heavy atom. The first-order valence-electron chi connectivity index (χ1n) is 20.9. The van der Waals surface area contributed by atoms with Crippen LogP contribution >= 0.6 is 0 Å². The molecule has 1 unspecified atom stereocenters. The maximum Gasteiger partial charge on any atom is 0.169 e. The minimum Gasteiger partial charge on any atom is -0.507 e. The average molecular weight is 778 g/mol. The molecule has 1 spiro atoms. The van der Waals surface area contributed by atoms with E-state index < -0.39 is 5.41 Å². The normalized spacial score (nSPS) is 15.9. The molecule has 4 nitrogen and oxygen atoms in total. The summed E-state index contributed by atoms with van der Waals surface area (Å²) in [4.78, 5) is 2.30. The molecule has 3 N–H and O–H groups in total. The molecule has 0 heterocycles. The van der Waals surface area contributed by atoms with Crippen molar-refractivity contribution >= 4 is 33.4 Å². The largest absolute Gasteiger partial charge is 0.507 e. The lowest BCUT2D eigenvalue weighted by atomic mass is 9.67. The number of nitrogens with zero attached hydrogens (tertiary/aromatic N) is 1. The molecule has 0 aliphatic heterocycles. The molecule has 0 saturated heterocycles. The lowest BCUT2D eigenvalue weighted by Crippen LogP contribution is -2.28. The second-order valence-electron chi connectivity index (χ2n) is 16.2. The lowest BCUT2D eigenvalue weighted by Gasteiger charge is -2.35. The number of fused-ring (bicyclic) bond motifs is 11. The zero-order valence-electron chi connectivity index (χ0n) is 33.6. The first kappa shape index (κ1) is 35.8. The predicted octanol–water partition coefficient (Wildman–Crippen LogP) is 14.1. The minimum absolute atomic E-state index is 0.0256. The van der Waals surface area contributed by atoms with Gasteiger partial charge in [0, 0.05) is 22.6 Å². The molecule has 1 atom stereocenters. The fourth-order valence-corrected chi connectivity index (χ4v) is 10.6. The van der Waals surface area contributed by atoms with Crippen LogP contribution in [0.2, 0.25) is 0 Å². The van der Waals surface area contributed by atoms with Crippen molar-refractivity contribution in [3.05, 3.63) is 209 Å². The van der Waals surface area contributed by atoms with E-state index in [9.17, 15) is 15.3 Å². The van der Waals surface area contributed by atoms with Gasteiger partial charge in [-0.3, -0.25) is 0 Å². The van der Waals surface area contributed by atoms with E-state index in [-0.39, 0.29) is 22.8 Å². The van der Waals surface area contributed by atoms with Crippen LogP contribution in [0.15, 0.2) is 175 Å². The number of phenols is 3. The van der Waals surface area contributed by atoms with Crippen molar-refractivity contribution in [3.63, 3.8) is 0 Å². The van der Waals surface area contributed by atoms with Crippen LogP contribution in [-0.4, -0.2) is 15.3 Å². The molecule has 0 amide bonds. The van der Waals surface area contributed by atoms with Gasteiger partial charge in [0.1, 0.15) is 5.75 Å². The molecule has 8 aromatic carbocycles. The molecule has 3 aliphatic rings. The molecule has 0 saturated carbocycles. The molecule has 0 aromatic heterocycles. The van der Waals surface area contributed by atoms with Crippen LogP contribution < -0.4 is 4.90 Å². The van der Waals surface area contributed by atoms with E-state index in [1.165, 1.54) is 55.3 Å². The van der Waals surface area contributed by atoms with Gasteiger partial charge in [0.2, 0.25) is 0 Å². The molecular formula is C56H43NO3. The molecular weight excluding hydrogens is 735 g/mol. The molecule has 0 fully saturated rings. The summed E-state index contributed by atoms with van der Waals surface area (Å²) in [6, 6.07) is 56.5. The Morgan fingerprint density at radius 2 is 1.22 bits per heavy atom. The molecule has 290 valence electrons. The lowest BCUT2D eigenvalue weighted by molar-refractivity contribution is 0.393. The maximum absolute atomic E-state index is 11.3. The van der Waals surface area contributed by atoms with Crippen molar-refractivity contribution in [1.82, 2.24) is 0 Å². The predicted molar refractivity (Wildman–Crippen MR) is 246 cm³/mol. The van der Waals surface area contributed by atoms with Crippen LogP contribution in [0, 0.1) is 6.92 Å². The Labute approximate surface area is 350 Å². The van der Waals surface area contributed by atoms with E-state index in [2.05, 4.69) is 144 Å². The van der Waals surface area contributed by atoms with Crippen molar-refractivity contribution in [2.45, 2.75) is 38.5 Å². The number of rotatable bonds is 6. The van der Waals surface area contributed by atoms with Gasteiger partial charge < -0.3 is 20.2 Å². The molecule has 3 aliphatic carbocycles. The molecule has 8 aromatic rings. The summed E-state index contributed by atoms with van der Waals surface area (Å²) in [5, 5.41) is 36.0. The summed E-state index contributed by atoms with van der Waals surface area (Å²) in [5.74, 6) is -0.523. The van der Waals surface area contributed by atoms with E-state index in [0.29, 0.717) is 23.1 Å². The Morgan fingerprint density at radius 1 is 0.567 bits per heavy atom. The van der Waals surface area contributed by atoms with Crippen molar-refractivity contribution in [2.24, 2.45) is 0 Å². The van der Waals surface area contributed by atoms with Crippen LogP contribution in [0.4, 0.5) is 17.1 Å². The van der Waals surface area contributed by atoms with Crippen LogP contribution in [0.3, 0.4) is 0 Å². The number of hydrogen-bond donors (Lipinski definition) is 3. The highest BCUT2D eigenvalue weighted by molar-refractivity contribution is 6.05. The maximum atomic E-state index is 11.3. The van der Waals surface area contributed by atoms with Gasteiger partial charge in [-0.25, -0.2) is 0 Å². The number of hydrogen-bond acceptors (Lipinski definition) is 4. The molecule has 11 rings (SSSR count). The number of phenolic OH excluding ortho intramolecular Hbond substituents is 3.